The Labute approximate surface area is 334 Å². The summed E-state index contributed by atoms with van der Waals surface area (Å²) in [6.45, 7) is 6.53. The summed E-state index contributed by atoms with van der Waals surface area (Å²) in [5, 5.41) is 0. The minimum atomic E-state index is -0.782. The molecule has 0 radical (unpaired) electrons. The summed E-state index contributed by atoms with van der Waals surface area (Å²) >= 11 is 0. The van der Waals surface area contributed by atoms with Crippen LogP contribution in [0.4, 0.5) is 0 Å². The van der Waals surface area contributed by atoms with Gasteiger partial charge in [0.05, 0.1) is 0 Å². The van der Waals surface area contributed by atoms with Gasteiger partial charge in [0.15, 0.2) is 6.10 Å². The maximum Gasteiger partial charge on any atom is 0.306 e. The summed E-state index contributed by atoms with van der Waals surface area (Å²) in [4.78, 5) is 37.7. The molecule has 6 nitrogen and oxygen atoms in total. The van der Waals surface area contributed by atoms with Gasteiger partial charge in [-0.25, -0.2) is 0 Å². The van der Waals surface area contributed by atoms with Crippen LogP contribution in [0.1, 0.15) is 233 Å². The summed E-state index contributed by atoms with van der Waals surface area (Å²) in [6, 6.07) is 0. The highest BCUT2D eigenvalue weighted by Gasteiger charge is 2.19. The van der Waals surface area contributed by atoms with Crippen LogP contribution in [0, 0.1) is 0 Å². The van der Waals surface area contributed by atoms with Gasteiger partial charge in [-0.05, 0) is 89.9 Å². The Bertz CT molecular complexity index is 922. The Kier molecular flexibility index (Phi) is 41.5. The Morgan fingerprint density at radius 1 is 0.352 bits per heavy atom. The molecule has 0 aromatic heterocycles. The molecule has 0 rings (SSSR count). The Morgan fingerprint density at radius 3 is 1.04 bits per heavy atom. The molecule has 0 saturated heterocycles. The van der Waals surface area contributed by atoms with E-state index in [9.17, 15) is 14.4 Å². The van der Waals surface area contributed by atoms with Gasteiger partial charge in [0.1, 0.15) is 13.2 Å². The first-order chi connectivity index (χ1) is 26.5. The van der Waals surface area contributed by atoms with Crippen LogP contribution in [0.3, 0.4) is 0 Å². The fourth-order valence-electron chi connectivity index (χ4n) is 6.29. The lowest BCUT2D eigenvalue weighted by Gasteiger charge is -2.18. The van der Waals surface area contributed by atoms with Crippen molar-refractivity contribution in [3.05, 3.63) is 36.5 Å². The number of unbranched alkanes of at least 4 members (excludes halogenated alkanes) is 24. The van der Waals surface area contributed by atoms with Crippen LogP contribution >= 0.6 is 0 Å². The van der Waals surface area contributed by atoms with Crippen LogP contribution in [0.15, 0.2) is 36.5 Å². The molecule has 0 heterocycles. The Morgan fingerprint density at radius 2 is 0.630 bits per heavy atom. The third-order valence-electron chi connectivity index (χ3n) is 9.84. The molecule has 0 aliphatic carbocycles. The molecule has 0 aromatic carbocycles. The number of allylic oxidation sites excluding steroid dienone is 6. The molecule has 0 bridgehead atoms. The molecular formula is C48H86O6. The van der Waals surface area contributed by atoms with Crippen molar-refractivity contribution >= 4 is 17.9 Å². The molecule has 0 N–H and O–H groups in total. The zero-order chi connectivity index (χ0) is 39.4. The standard InChI is InChI=1S/C48H86O6/c1-4-7-10-13-16-19-22-24-25-27-29-32-35-38-41-47(50)53-44-45(43-52-46(49)40-37-34-31-28-21-18-15-12-9-6-3)54-48(51)42-39-36-33-30-26-23-20-17-14-11-8-5-2/h15,17-18,20,25,27,45H,4-14,16,19,21-24,26,28-44H2,1-3H3/b18-15-,20-17-,27-25-. The molecule has 314 valence electrons. The molecule has 0 fully saturated rings. The molecule has 0 amide bonds. The van der Waals surface area contributed by atoms with Crippen molar-refractivity contribution in [3.8, 4) is 0 Å². The van der Waals surface area contributed by atoms with Gasteiger partial charge in [0.25, 0.3) is 0 Å². The second kappa shape index (κ2) is 43.4. The minimum absolute atomic E-state index is 0.0858. The third-order valence-corrected chi connectivity index (χ3v) is 9.84. The van der Waals surface area contributed by atoms with Gasteiger partial charge < -0.3 is 14.2 Å². The molecule has 0 saturated carbocycles. The van der Waals surface area contributed by atoms with E-state index in [2.05, 4.69) is 57.2 Å². The highest BCUT2D eigenvalue weighted by Crippen LogP contribution is 2.13. The van der Waals surface area contributed by atoms with Crippen LogP contribution in [0.25, 0.3) is 0 Å². The topological polar surface area (TPSA) is 78.9 Å². The predicted octanol–water partition coefficient (Wildman–Crippen LogP) is 14.6. The van der Waals surface area contributed by atoms with Gasteiger partial charge in [0.2, 0.25) is 0 Å². The van der Waals surface area contributed by atoms with E-state index in [-0.39, 0.29) is 31.1 Å². The molecule has 0 aromatic rings. The van der Waals surface area contributed by atoms with Gasteiger partial charge in [-0.1, -0.05) is 160 Å². The smallest absolute Gasteiger partial charge is 0.306 e. The van der Waals surface area contributed by atoms with Gasteiger partial charge in [-0.3, -0.25) is 14.4 Å². The largest absolute Gasteiger partial charge is 0.462 e. The van der Waals surface area contributed by atoms with Crippen molar-refractivity contribution in [1.29, 1.82) is 0 Å². The third kappa shape index (κ3) is 40.8. The summed E-state index contributed by atoms with van der Waals surface area (Å²) in [6.07, 6.45) is 48.4. The highest BCUT2D eigenvalue weighted by molar-refractivity contribution is 5.71. The summed E-state index contributed by atoms with van der Waals surface area (Å²) in [7, 11) is 0. The fourth-order valence-corrected chi connectivity index (χ4v) is 6.29. The average Bonchev–Trinajstić information content (AvgIpc) is 3.17. The maximum atomic E-state index is 12.7. The van der Waals surface area contributed by atoms with Gasteiger partial charge >= 0.3 is 17.9 Å². The van der Waals surface area contributed by atoms with E-state index < -0.39 is 6.10 Å². The summed E-state index contributed by atoms with van der Waals surface area (Å²) in [5.41, 5.74) is 0. The molecule has 0 spiro atoms. The van der Waals surface area contributed by atoms with Crippen molar-refractivity contribution in [2.75, 3.05) is 13.2 Å². The SMILES string of the molecule is CCCC/C=C\CCCCCCC(=O)OCC(COC(=O)CCCCC/C=C\CCCCCCCCC)OC(=O)CCCCCCC/C=C\CCCCC. The van der Waals surface area contributed by atoms with E-state index >= 15 is 0 Å². The quantitative estimate of drug-likeness (QED) is 0.0267. The average molecular weight is 759 g/mol. The minimum Gasteiger partial charge on any atom is -0.462 e. The first-order valence-corrected chi connectivity index (χ1v) is 23.0. The van der Waals surface area contributed by atoms with E-state index in [1.54, 1.807) is 0 Å². The molecule has 6 heteroatoms. The first-order valence-electron chi connectivity index (χ1n) is 23.0. The summed E-state index contributed by atoms with van der Waals surface area (Å²) in [5.74, 6) is -0.923. The van der Waals surface area contributed by atoms with E-state index in [0.717, 1.165) is 103 Å². The zero-order valence-corrected chi connectivity index (χ0v) is 35.7. The van der Waals surface area contributed by atoms with Crippen molar-refractivity contribution in [3.63, 3.8) is 0 Å². The first kappa shape index (κ1) is 51.6. The predicted molar refractivity (Wildman–Crippen MR) is 229 cm³/mol. The molecule has 1 unspecified atom stereocenters. The Hall–Kier alpha value is -2.37. The lowest BCUT2D eigenvalue weighted by atomic mass is 10.1. The molecular weight excluding hydrogens is 673 g/mol. The normalized spacial score (nSPS) is 12.3. The van der Waals surface area contributed by atoms with Crippen LogP contribution < -0.4 is 0 Å². The highest BCUT2D eigenvalue weighted by atomic mass is 16.6. The number of carbonyl (C=O) groups is 3. The fraction of sp³-hybridized carbons (Fsp3) is 0.812. The van der Waals surface area contributed by atoms with Crippen LogP contribution in [-0.4, -0.2) is 37.2 Å². The van der Waals surface area contributed by atoms with Crippen LogP contribution in [-0.2, 0) is 28.6 Å². The lowest BCUT2D eigenvalue weighted by Crippen LogP contribution is -2.30. The van der Waals surface area contributed by atoms with E-state index in [0.29, 0.717) is 19.3 Å². The number of carbonyl (C=O) groups excluding carboxylic acids is 3. The van der Waals surface area contributed by atoms with E-state index in [4.69, 9.17) is 14.2 Å². The monoisotopic (exact) mass is 759 g/mol. The van der Waals surface area contributed by atoms with Gasteiger partial charge in [-0.15, -0.1) is 0 Å². The van der Waals surface area contributed by atoms with Gasteiger partial charge in [0, 0.05) is 19.3 Å². The van der Waals surface area contributed by atoms with Crippen molar-refractivity contribution in [2.24, 2.45) is 0 Å². The number of rotatable bonds is 41. The van der Waals surface area contributed by atoms with E-state index in [1.807, 2.05) is 0 Å². The van der Waals surface area contributed by atoms with Crippen LogP contribution in [0.5, 0.6) is 0 Å². The molecule has 1 atom stereocenters. The summed E-state index contributed by atoms with van der Waals surface area (Å²) < 4.78 is 16.7. The number of hydrogen-bond acceptors (Lipinski definition) is 6. The number of esters is 3. The lowest BCUT2D eigenvalue weighted by molar-refractivity contribution is -0.167. The Balaban J connectivity index is 4.40. The number of ether oxygens (including phenoxy) is 3. The molecule has 0 aliphatic rings. The zero-order valence-electron chi connectivity index (χ0n) is 35.7. The van der Waals surface area contributed by atoms with Crippen molar-refractivity contribution in [1.82, 2.24) is 0 Å². The van der Waals surface area contributed by atoms with Crippen molar-refractivity contribution < 1.29 is 28.6 Å². The maximum absolute atomic E-state index is 12.7. The van der Waals surface area contributed by atoms with Crippen LogP contribution in [0.2, 0.25) is 0 Å². The molecule has 0 aliphatic heterocycles. The van der Waals surface area contributed by atoms with Crippen molar-refractivity contribution in [2.45, 2.75) is 239 Å². The van der Waals surface area contributed by atoms with Gasteiger partial charge in [-0.2, -0.15) is 0 Å². The second-order valence-corrected chi connectivity index (χ2v) is 15.3. The van der Waals surface area contributed by atoms with E-state index in [1.165, 1.54) is 89.9 Å². The number of hydrogen-bond donors (Lipinski definition) is 0. The molecule has 54 heavy (non-hydrogen) atoms. The second-order valence-electron chi connectivity index (χ2n) is 15.3.